The van der Waals surface area contributed by atoms with Crippen LogP contribution in [0.1, 0.15) is 36.8 Å². The summed E-state index contributed by atoms with van der Waals surface area (Å²) in [5, 5.41) is 6.30. The molecular formula is C20H26N2O. The first-order valence-corrected chi connectivity index (χ1v) is 8.38. The average Bonchev–Trinajstić information content (AvgIpc) is 2.61. The zero-order valence-electron chi connectivity index (χ0n) is 13.8. The topological polar surface area (TPSA) is 41.1 Å². The minimum atomic E-state index is 0.0981. The van der Waals surface area contributed by atoms with E-state index in [1.54, 1.807) is 0 Å². The summed E-state index contributed by atoms with van der Waals surface area (Å²) in [5.74, 6) is 0.196. The Kier molecular flexibility index (Phi) is 7.34. The van der Waals surface area contributed by atoms with E-state index < -0.39 is 0 Å². The van der Waals surface area contributed by atoms with Crippen molar-refractivity contribution in [1.82, 2.24) is 10.6 Å². The Hall–Kier alpha value is -2.13. The number of rotatable bonds is 9. The van der Waals surface area contributed by atoms with E-state index in [1.807, 2.05) is 36.4 Å². The molecule has 0 radical (unpaired) electrons. The third-order valence-electron chi connectivity index (χ3n) is 3.84. The highest BCUT2D eigenvalue weighted by Gasteiger charge is 2.17. The largest absolute Gasteiger partial charge is 0.355 e. The maximum absolute atomic E-state index is 12.3. The van der Waals surface area contributed by atoms with Crippen molar-refractivity contribution in [3.05, 3.63) is 71.8 Å². The van der Waals surface area contributed by atoms with Crippen molar-refractivity contribution < 1.29 is 4.79 Å². The van der Waals surface area contributed by atoms with Crippen molar-refractivity contribution in [1.29, 1.82) is 0 Å². The van der Waals surface area contributed by atoms with Gasteiger partial charge in [-0.25, -0.2) is 0 Å². The Morgan fingerprint density at radius 1 is 0.870 bits per heavy atom. The fourth-order valence-corrected chi connectivity index (χ4v) is 2.65. The maximum Gasteiger partial charge on any atom is 0.220 e. The lowest BCUT2D eigenvalue weighted by Gasteiger charge is -2.18. The second-order valence-corrected chi connectivity index (χ2v) is 5.68. The molecule has 2 rings (SSSR count). The molecule has 0 aliphatic heterocycles. The van der Waals surface area contributed by atoms with Crippen LogP contribution in [0.5, 0.6) is 0 Å². The lowest BCUT2D eigenvalue weighted by Crippen LogP contribution is -2.32. The van der Waals surface area contributed by atoms with Gasteiger partial charge in [-0.2, -0.15) is 0 Å². The molecule has 0 heterocycles. The van der Waals surface area contributed by atoms with Crippen LogP contribution in [0.25, 0.3) is 0 Å². The van der Waals surface area contributed by atoms with Crippen LogP contribution >= 0.6 is 0 Å². The number of carbonyl (C=O) groups excluding carboxylic acids is 1. The van der Waals surface area contributed by atoms with Crippen molar-refractivity contribution in [3.63, 3.8) is 0 Å². The van der Waals surface area contributed by atoms with Gasteiger partial charge in [-0.05, 0) is 24.1 Å². The molecule has 0 aliphatic carbocycles. The monoisotopic (exact) mass is 310 g/mol. The van der Waals surface area contributed by atoms with Crippen LogP contribution in [-0.4, -0.2) is 25.5 Å². The summed E-state index contributed by atoms with van der Waals surface area (Å²) >= 11 is 0. The fraction of sp³-hybridized carbons (Fsp3) is 0.350. The summed E-state index contributed by atoms with van der Waals surface area (Å²) in [6, 6.07) is 20.5. The van der Waals surface area contributed by atoms with Crippen molar-refractivity contribution in [2.24, 2.45) is 0 Å². The third-order valence-corrected chi connectivity index (χ3v) is 3.84. The number of hydrogen-bond acceptors (Lipinski definition) is 2. The Morgan fingerprint density at radius 3 is 1.96 bits per heavy atom. The number of nitrogens with one attached hydrogen (secondary N) is 2. The number of hydrogen-bond donors (Lipinski definition) is 2. The predicted molar refractivity (Wildman–Crippen MR) is 95.5 cm³/mol. The molecule has 0 spiro atoms. The third kappa shape index (κ3) is 5.87. The van der Waals surface area contributed by atoms with Gasteiger partial charge in [0, 0.05) is 25.4 Å². The Morgan fingerprint density at radius 2 is 1.43 bits per heavy atom. The van der Waals surface area contributed by atoms with Crippen LogP contribution in [0.3, 0.4) is 0 Å². The van der Waals surface area contributed by atoms with Crippen LogP contribution in [-0.2, 0) is 4.79 Å². The summed E-state index contributed by atoms with van der Waals surface area (Å²) < 4.78 is 0. The van der Waals surface area contributed by atoms with Gasteiger partial charge in [0.05, 0.1) is 0 Å². The van der Waals surface area contributed by atoms with E-state index in [-0.39, 0.29) is 11.8 Å². The minimum Gasteiger partial charge on any atom is -0.355 e. The molecule has 0 saturated carbocycles. The van der Waals surface area contributed by atoms with E-state index >= 15 is 0 Å². The second kappa shape index (κ2) is 9.80. The lowest BCUT2D eigenvalue weighted by atomic mass is 9.88. The molecule has 0 fully saturated rings. The number of amides is 1. The van der Waals surface area contributed by atoms with Gasteiger partial charge in [0.1, 0.15) is 0 Å². The summed E-state index contributed by atoms with van der Waals surface area (Å²) in [7, 11) is 0. The van der Waals surface area contributed by atoms with Crippen LogP contribution < -0.4 is 10.6 Å². The predicted octanol–water partition coefficient (Wildman–Crippen LogP) is 3.32. The second-order valence-electron chi connectivity index (χ2n) is 5.68. The number of benzene rings is 2. The highest BCUT2D eigenvalue weighted by molar-refractivity contribution is 5.77. The van der Waals surface area contributed by atoms with E-state index in [0.717, 1.165) is 19.5 Å². The van der Waals surface area contributed by atoms with Crippen molar-refractivity contribution in [2.75, 3.05) is 19.6 Å². The molecule has 2 N–H and O–H groups in total. The first kappa shape index (κ1) is 17.2. The van der Waals surface area contributed by atoms with E-state index in [1.165, 1.54) is 11.1 Å². The average molecular weight is 310 g/mol. The first-order chi connectivity index (χ1) is 11.3. The Balaban J connectivity index is 1.97. The molecule has 3 heteroatoms. The SMILES string of the molecule is CCCNCCNC(=O)CC(c1ccccc1)c1ccccc1. The van der Waals surface area contributed by atoms with E-state index in [2.05, 4.69) is 41.8 Å². The number of carbonyl (C=O) groups is 1. The van der Waals surface area contributed by atoms with E-state index in [9.17, 15) is 4.79 Å². The summed E-state index contributed by atoms with van der Waals surface area (Å²) in [6.07, 6.45) is 1.58. The molecule has 2 aromatic rings. The highest BCUT2D eigenvalue weighted by Crippen LogP contribution is 2.27. The molecule has 122 valence electrons. The quantitative estimate of drug-likeness (QED) is 0.698. The minimum absolute atomic E-state index is 0.0981. The molecule has 1 amide bonds. The Labute approximate surface area is 139 Å². The van der Waals surface area contributed by atoms with Gasteiger partial charge >= 0.3 is 0 Å². The van der Waals surface area contributed by atoms with Crippen molar-refractivity contribution in [3.8, 4) is 0 Å². The summed E-state index contributed by atoms with van der Waals surface area (Å²) in [5.41, 5.74) is 2.36. The standard InChI is InChI=1S/C20H26N2O/c1-2-13-21-14-15-22-20(23)16-19(17-9-5-3-6-10-17)18-11-7-4-8-12-18/h3-12,19,21H,2,13-16H2,1H3,(H,22,23). The normalized spacial score (nSPS) is 10.7. The van der Waals surface area contributed by atoms with Crippen molar-refractivity contribution in [2.45, 2.75) is 25.7 Å². The van der Waals surface area contributed by atoms with Crippen LogP contribution in [0, 0.1) is 0 Å². The van der Waals surface area contributed by atoms with Gasteiger partial charge in [-0.15, -0.1) is 0 Å². The van der Waals surface area contributed by atoms with Gasteiger partial charge in [-0.1, -0.05) is 67.6 Å². The maximum atomic E-state index is 12.3. The molecule has 3 nitrogen and oxygen atoms in total. The molecule has 0 aliphatic rings. The molecule has 0 saturated heterocycles. The lowest BCUT2D eigenvalue weighted by molar-refractivity contribution is -0.121. The van der Waals surface area contributed by atoms with E-state index in [0.29, 0.717) is 13.0 Å². The van der Waals surface area contributed by atoms with Gasteiger partial charge in [-0.3, -0.25) is 4.79 Å². The van der Waals surface area contributed by atoms with Crippen LogP contribution in [0.15, 0.2) is 60.7 Å². The molecule has 2 aromatic carbocycles. The molecule has 23 heavy (non-hydrogen) atoms. The summed E-state index contributed by atoms with van der Waals surface area (Å²) in [6.45, 7) is 4.62. The molecular weight excluding hydrogens is 284 g/mol. The van der Waals surface area contributed by atoms with Gasteiger partial charge in [0.25, 0.3) is 0 Å². The van der Waals surface area contributed by atoms with E-state index in [4.69, 9.17) is 0 Å². The van der Waals surface area contributed by atoms with Crippen LogP contribution in [0.4, 0.5) is 0 Å². The summed E-state index contributed by atoms with van der Waals surface area (Å²) in [4.78, 5) is 12.3. The molecule has 0 unspecified atom stereocenters. The smallest absolute Gasteiger partial charge is 0.220 e. The molecule has 0 bridgehead atoms. The van der Waals surface area contributed by atoms with Crippen LogP contribution in [0.2, 0.25) is 0 Å². The van der Waals surface area contributed by atoms with Gasteiger partial charge in [0.15, 0.2) is 0 Å². The van der Waals surface area contributed by atoms with Gasteiger partial charge < -0.3 is 10.6 Å². The van der Waals surface area contributed by atoms with Gasteiger partial charge in [0.2, 0.25) is 5.91 Å². The molecule has 0 aromatic heterocycles. The fourth-order valence-electron chi connectivity index (χ4n) is 2.65. The Bertz CT molecular complexity index is 529. The zero-order chi connectivity index (χ0) is 16.3. The van der Waals surface area contributed by atoms with Crippen molar-refractivity contribution >= 4 is 5.91 Å². The molecule has 0 atom stereocenters. The zero-order valence-corrected chi connectivity index (χ0v) is 13.8. The highest BCUT2D eigenvalue weighted by atomic mass is 16.1. The first-order valence-electron chi connectivity index (χ1n) is 8.38.